The first kappa shape index (κ1) is 21.7. The maximum absolute atomic E-state index is 12.5. The Morgan fingerprint density at radius 2 is 1.42 bits per heavy atom. The van der Waals surface area contributed by atoms with Crippen molar-refractivity contribution in [2.24, 2.45) is 0 Å². The summed E-state index contributed by atoms with van der Waals surface area (Å²) < 4.78 is 15.8. The van der Waals surface area contributed by atoms with Crippen LogP contribution in [0.5, 0.6) is 17.2 Å². The highest BCUT2D eigenvalue weighted by molar-refractivity contribution is 6.05. The van der Waals surface area contributed by atoms with Gasteiger partial charge in [-0.3, -0.25) is 9.59 Å². The molecule has 0 aliphatic rings. The first-order valence-electron chi connectivity index (χ1n) is 9.59. The van der Waals surface area contributed by atoms with Crippen molar-refractivity contribution < 1.29 is 23.8 Å². The number of methoxy groups -OCH3 is 3. The van der Waals surface area contributed by atoms with Gasteiger partial charge in [0.25, 0.3) is 5.91 Å². The Labute approximate surface area is 180 Å². The fourth-order valence-electron chi connectivity index (χ4n) is 3.05. The number of hydrogen-bond acceptors (Lipinski definition) is 5. The monoisotopic (exact) mass is 420 g/mol. The maximum atomic E-state index is 12.5. The van der Waals surface area contributed by atoms with Crippen molar-refractivity contribution in [1.29, 1.82) is 0 Å². The molecule has 0 radical (unpaired) electrons. The predicted octanol–water partition coefficient (Wildman–Crippen LogP) is 4.15. The number of carbonyl (C=O) groups excluding carboxylic acids is 2. The molecule has 0 bridgehead atoms. The van der Waals surface area contributed by atoms with Crippen LogP contribution in [0.1, 0.15) is 15.9 Å². The Balaban J connectivity index is 1.72. The van der Waals surface area contributed by atoms with Gasteiger partial charge in [-0.25, -0.2) is 0 Å². The minimum atomic E-state index is -0.271. The molecule has 0 heterocycles. The number of anilines is 2. The third kappa shape index (κ3) is 5.54. The Kier molecular flexibility index (Phi) is 7.11. The van der Waals surface area contributed by atoms with Crippen LogP contribution in [0.4, 0.5) is 11.4 Å². The molecule has 2 N–H and O–H groups in total. The third-order valence-electron chi connectivity index (χ3n) is 4.58. The standard InChI is InChI=1S/C24H24N2O5/c1-29-20-12-10-18(15-19(20)26-24(28)17-7-5-4-6-8-17)25-23(27)14-16-9-11-21(30-2)22(13-16)31-3/h4-13,15H,14H2,1-3H3,(H,25,27)(H,26,28). The molecule has 0 aliphatic heterocycles. The zero-order valence-electron chi connectivity index (χ0n) is 17.6. The van der Waals surface area contributed by atoms with Crippen LogP contribution in [0.2, 0.25) is 0 Å². The van der Waals surface area contributed by atoms with Crippen molar-refractivity contribution in [3.8, 4) is 17.2 Å². The van der Waals surface area contributed by atoms with Crippen LogP contribution in [0, 0.1) is 0 Å². The van der Waals surface area contributed by atoms with Crippen molar-refractivity contribution in [2.75, 3.05) is 32.0 Å². The number of nitrogens with one attached hydrogen (secondary N) is 2. The van der Waals surface area contributed by atoms with Gasteiger partial charge in [0.15, 0.2) is 11.5 Å². The van der Waals surface area contributed by atoms with E-state index in [1.54, 1.807) is 74.9 Å². The highest BCUT2D eigenvalue weighted by Crippen LogP contribution is 2.29. The Hall–Kier alpha value is -4.00. The molecule has 3 aromatic carbocycles. The summed E-state index contributed by atoms with van der Waals surface area (Å²) in [6, 6.07) is 19.2. The lowest BCUT2D eigenvalue weighted by molar-refractivity contribution is -0.115. The van der Waals surface area contributed by atoms with Crippen molar-refractivity contribution >= 4 is 23.2 Å². The maximum Gasteiger partial charge on any atom is 0.255 e. The highest BCUT2D eigenvalue weighted by Gasteiger charge is 2.13. The minimum Gasteiger partial charge on any atom is -0.495 e. The SMILES string of the molecule is COc1ccc(NC(=O)Cc2ccc(OC)c(OC)c2)cc1NC(=O)c1ccccc1. The van der Waals surface area contributed by atoms with Crippen LogP contribution in [-0.2, 0) is 11.2 Å². The number of ether oxygens (including phenoxy) is 3. The van der Waals surface area contributed by atoms with Gasteiger partial charge in [-0.2, -0.15) is 0 Å². The lowest BCUT2D eigenvalue weighted by Crippen LogP contribution is -2.16. The van der Waals surface area contributed by atoms with Gasteiger partial charge in [0.1, 0.15) is 5.75 Å². The van der Waals surface area contributed by atoms with Crippen molar-refractivity contribution in [3.05, 3.63) is 77.9 Å². The number of benzene rings is 3. The summed E-state index contributed by atoms with van der Waals surface area (Å²) in [5.74, 6) is 1.16. The molecule has 160 valence electrons. The van der Waals surface area contributed by atoms with E-state index in [0.29, 0.717) is 34.2 Å². The Morgan fingerprint density at radius 1 is 0.742 bits per heavy atom. The summed E-state index contributed by atoms with van der Waals surface area (Å²) in [6.45, 7) is 0. The summed E-state index contributed by atoms with van der Waals surface area (Å²) in [7, 11) is 4.62. The van der Waals surface area contributed by atoms with Gasteiger partial charge in [-0.05, 0) is 48.0 Å². The predicted molar refractivity (Wildman–Crippen MR) is 119 cm³/mol. The normalized spacial score (nSPS) is 10.2. The van der Waals surface area contributed by atoms with Crippen LogP contribution in [-0.4, -0.2) is 33.1 Å². The molecule has 7 heteroatoms. The summed E-state index contributed by atoms with van der Waals surface area (Å²) >= 11 is 0. The highest BCUT2D eigenvalue weighted by atomic mass is 16.5. The van der Waals surface area contributed by atoms with E-state index in [4.69, 9.17) is 14.2 Å². The molecule has 31 heavy (non-hydrogen) atoms. The van der Waals surface area contributed by atoms with Gasteiger partial charge in [0.2, 0.25) is 5.91 Å². The van der Waals surface area contributed by atoms with Gasteiger partial charge in [-0.15, -0.1) is 0 Å². The second-order valence-corrected chi connectivity index (χ2v) is 6.65. The summed E-state index contributed by atoms with van der Waals surface area (Å²) in [4.78, 5) is 25.0. The van der Waals surface area contributed by atoms with Crippen molar-refractivity contribution in [1.82, 2.24) is 0 Å². The first-order chi connectivity index (χ1) is 15.0. The molecule has 2 amide bonds. The second kappa shape index (κ2) is 10.2. The van der Waals surface area contributed by atoms with Gasteiger partial charge < -0.3 is 24.8 Å². The lowest BCUT2D eigenvalue weighted by atomic mass is 10.1. The fourth-order valence-corrected chi connectivity index (χ4v) is 3.05. The molecular formula is C24H24N2O5. The average molecular weight is 420 g/mol. The second-order valence-electron chi connectivity index (χ2n) is 6.65. The van der Waals surface area contributed by atoms with Gasteiger partial charge in [-0.1, -0.05) is 24.3 Å². The lowest BCUT2D eigenvalue weighted by Gasteiger charge is -2.13. The average Bonchev–Trinajstić information content (AvgIpc) is 2.79. The first-order valence-corrected chi connectivity index (χ1v) is 9.59. The molecule has 3 rings (SSSR count). The van der Waals surface area contributed by atoms with Crippen LogP contribution < -0.4 is 24.8 Å². The van der Waals surface area contributed by atoms with E-state index in [9.17, 15) is 9.59 Å². The van der Waals surface area contributed by atoms with Crippen LogP contribution in [0.3, 0.4) is 0 Å². The summed E-state index contributed by atoms with van der Waals surface area (Å²) in [6.07, 6.45) is 0.151. The van der Waals surface area contributed by atoms with Gasteiger partial charge in [0.05, 0.1) is 33.4 Å². The van der Waals surface area contributed by atoms with E-state index in [0.717, 1.165) is 5.56 Å². The van der Waals surface area contributed by atoms with Gasteiger partial charge in [0, 0.05) is 11.3 Å². The van der Waals surface area contributed by atoms with Crippen LogP contribution in [0.25, 0.3) is 0 Å². The van der Waals surface area contributed by atoms with E-state index < -0.39 is 0 Å². The molecule has 0 atom stereocenters. The largest absolute Gasteiger partial charge is 0.495 e. The third-order valence-corrected chi connectivity index (χ3v) is 4.58. The van der Waals surface area contributed by atoms with Gasteiger partial charge >= 0.3 is 0 Å². The van der Waals surface area contributed by atoms with E-state index >= 15 is 0 Å². The molecule has 0 spiro atoms. The molecule has 7 nitrogen and oxygen atoms in total. The number of rotatable bonds is 8. The van der Waals surface area contributed by atoms with Crippen LogP contribution in [0.15, 0.2) is 66.7 Å². The van der Waals surface area contributed by atoms with E-state index in [1.165, 1.54) is 7.11 Å². The van der Waals surface area contributed by atoms with Crippen molar-refractivity contribution in [3.63, 3.8) is 0 Å². The number of carbonyl (C=O) groups is 2. The topological polar surface area (TPSA) is 85.9 Å². The molecule has 0 aromatic heterocycles. The summed E-state index contributed by atoms with van der Waals surface area (Å²) in [5.41, 5.74) is 2.30. The molecule has 0 aliphatic carbocycles. The quantitative estimate of drug-likeness (QED) is 0.572. The van der Waals surface area contributed by atoms with E-state index in [2.05, 4.69) is 10.6 Å². The molecule has 0 saturated heterocycles. The number of amides is 2. The Morgan fingerprint density at radius 3 is 2.10 bits per heavy atom. The molecule has 0 saturated carbocycles. The van der Waals surface area contributed by atoms with Crippen molar-refractivity contribution in [2.45, 2.75) is 6.42 Å². The molecule has 3 aromatic rings. The molecule has 0 fully saturated rings. The molecule has 0 unspecified atom stereocenters. The summed E-state index contributed by atoms with van der Waals surface area (Å²) in [5, 5.41) is 5.67. The van der Waals surface area contributed by atoms with E-state index in [-0.39, 0.29) is 18.2 Å². The number of hydrogen-bond donors (Lipinski definition) is 2. The minimum absolute atomic E-state index is 0.151. The smallest absolute Gasteiger partial charge is 0.255 e. The van der Waals surface area contributed by atoms with E-state index in [1.807, 2.05) is 6.07 Å². The Bertz CT molecular complexity index is 1070. The fraction of sp³-hybridized carbons (Fsp3) is 0.167. The molecular weight excluding hydrogens is 396 g/mol. The van der Waals surface area contributed by atoms with Crippen LogP contribution >= 0.6 is 0 Å². The zero-order valence-corrected chi connectivity index (χ0v) is 17.6. The zero-order chi connectivity index (χ0) is 22.2.